The van der Waals surface area contributed by atoms with Gasteiger partial charge in [0.15, 0.2) is 0 Å². The molecular formula is C22H20ClNO3. The highest BCUT2D eigenvalue weighted by molar-refractivity contribution is 6.31. The normalized spacial score (nSPS) is 16.4. The summed E-state index contributed by atoms with van der Waals surface area (Å²) in [6.45, 7) is 0.907. The molecule has 0 saturated carbocycles. The molecule has 0 spiro atoms. The number of carbonyl (C=O) groups is 1. The molecule has 1 heterocycles. The first-order valence-electron chi connectivity index (χ1n) is 8.96. The molecule has 0 aliphatic carbocycles. The van der Waals surface area contributed by atoms with Gasteiger partial charge in [-0.2, -0.15) is 0 Å². The molecular weight excluding hydrogens is 362 g/mol. The van der Waals surface area contributed by atoms with Crippen molar-refractivity contribution >= 4 is 28.3 Å². The smallest absolute Gasteiger partial charge is 0.254 e. The Kier molecular flexibility index (Phi) is 4.54. The minimum absolute atomic E-state index is 0.0625. The minimum Gasteiger partial charge on any atom is -0.508 e. The largest absolute Gasteiger partial charge is 0.508 e. The monoisotopic (exact) mass is 381 g/mol. The Morgan fingerprint density at radius 1 is 1.00 bits per heavy atom. The first-order chi connectivity index (χ1) is 13.0. The van der Waals surface area contributed by atoms with Crippen molar-refractivity contribution in [1.29, 1.82) is 0 Å². The summed E-state index contributed by atoms with van der Waals surface area (Å²) in [7, 11) is 0. The van der Waals surface area contributed by atoms with Gasteiger partial charge in [0, 0.05) is 29.2 Å². The van der Waals surface area contributed by atoms with Crippen LogP contribution in [-0.4, -0.2) is 34.1 Å². The maximum absolute atomic E-state index is 13.1. The van der Waals surface area contributed by atoms with Gasteiger partial charge in [-0.25, -0.2) is 0 Å². The summed E-state index contributed by atoms with van der Waals surface area (Å²) in [5.74, 6) is 0.113. The molecule has 27 heavy (non-hydrogen) atoms. The summed E-state index contributed by atoms with van der Waals surface area (Å²) in [6, 6.07) is 17.8. The second-order valence-corrected chi connectivity index (χ2v) is 7.42. The Morgan fingerprint density at radius 2 is 1.74 bits per heavy atom. The van der Waals surface area contributed by atoms with Gasteiger partial charge in [-0.15, -0.1) is 0 Å². The number of aliphatic hydroxyl groups is 1. The number of likely N-dealkylation sites (tertiary alicyclic amines) is 1. The van der Waals surface area contributed by atoms with Crippen LogP contribution in [0.25, 0.3) is 10.8 Å². The van der Waals surface area contributed by atoms with Crippen molar-refractivity contribution in [1.82, 2.24) is 4.90 Å². The van der Waals surface area contributed by atoms with Crippen molar-refractivity contribution in [2.75, 3.05) is 13.1 Å². The lowest BCUT2D eigenvalue weighted by atomic mass is 9.84. The fourth-order valence-electron chi connectivity index (χ4n) is 3.82. The third-order valence-corrected chi connectivity index (χ3v) is 5.68. The van der Waals surface area contributed by atoms with E-state index in [0.29, 0.717) is 36.5 Å². The van der Waals surface area contributed by atoms with Crippen LogP contribution in [-0.2, 0) is 5.60 Å². The summed E-state index contributed by atoms with van der Waals surface area (Å²) >= 11 is 6.26. The number of fused-ring (bicyclic) bond motifs is 1. The third-order valence-electron chi connectivity index (χ3n) is 5.35. The molecule has 1 fully saturated rings. The molecule has 0 bridgehead atoms. The van der Waals surface area contributed by atoms with Crippen LogP contribution in [0.4, 0.5) is 0 Å². The molecule has 4 rings (SSSR count). The first-order valence-corrected chi connectivity index (χ1v) is 9.34. The molecule has 0 aromatic heterocycles. The van der Waals surface area contributed by atoms with Gasteiger partial charge in [0.05, 0.1) is 5.60 Å². The maximum atomic E-state index is 13.1. The van der Waals surface area contributed by atoms with E-state index in [2.05, 4.69) is 0 Å². The fourth-order valence-corrected chi connectivity index (χ4v) is 4.13. The average molecular weight is 382 g/mol. The third kappa shape index (κ3) is 3.27. The van der Waals surface area contributed by atoms with Crippen LogP contribution in [0.2, 0.25) is 5.02 Å². The lowest BCUT2D eigenvalue weighted by Crippen LogP contribution is -2.45. The quantitative estimate of drug-likeness (QED) is 0.694. The molecule has 3 aromatic rings. The van der Waals surface area contributed by atoms with Crippen molar-refractivity contribution in [3.63, 3.8) is 0 Å². The number of carbonyl (C=O) groups excluding carboxylic acids is 1. The van der Waals surface area contributed by atoms with Gasteiger partial charge in [-0.1, -0.05) is 41.9 Å². The molecule has 4 nitrogen and oxygen atoms in total. The highest BCUT2D eigenvalue weighted by Gasteiger charge is 2.37. The second-order valence-electron chi connectivity index (χ2n) is 7.01. The fraction of sp³-hybridized carbons (Fsp3) is 0.227. The molecule has 5 heteroatoms. The predicted octanol–water partition coefficient (Wildman–Crippen LogP) is 4.32. The Bertz CT molecular complexity index is 1010. The predicted molar refractivity (Wildman–Crippen MR) is 106 cm³/mol. The van der Waals surface area contributed by atoms with E-state index in [-0.39, 0.29) is 11.7 Å². The number of hydrogen-bond acceptors (Lipinski definition) is 3. The average Bonchev–Trinajstić information content (AvgIpc) is 2.67. The van der Waals surface area contributed by atoms with E-state index in [1.54, 1.807) is 35.2 Å². The molecule has 138 valence electrons. The van der Waals surface area contributed by atoms with E-state index in [1.807, 2.05) is 30.3 Å². The lowest BCUT2D eigenvalue weighted by molar-refractivity contribution is -0.0210. The Balaban J connectivity index is 1.57. The Labute approximate surface area is 162 Å². The number of phenolic OH excluding ortho intramolecular Hbond substituents is 1. The van der Waals surface area contributed by atoms with Crippen LogP contribution in [0.5, 0.6) is 5.75 Å². The molecule has 2 N–H and O–H groups in total. The zero-order valence-electron chi connectivity index (χ0n) is 14.7. The number of benzene rings is 3. The standard InChI is InChI=1S/C22H20ClNO3/c23-20-7-2-1-6-19(20)22(27)10-12-24(13-11-22)21(26)18-5-3-4-15-14-16(25)8-9-17(15)18/h1-9,14,25,27H,10-13H2. The van der Waals surface area contributed by atoms with Gasteiger partial charge in [0.2, 0.25) is 0 Å². The molecule has 1 aliphatic rings. The highest BCUT2D eigenvalue weighted by atomic mass is 35.5. The number of amides is 1. The SMILES string of the molecule is O=C(c1cccc2cc(O)ccc12)N1CCC(O)(c2ccccc2Cl)CC1. The Hall–Kier alpha value is -2.56. The van der Waals surface area contributed by atoms with E-state index < -0.39 is 5.60 Å². The zero-order valence-corrected chi connectivity index (χ0v) is 15.5. The number of hydrogen-bond donors (Lipinski definition) is 2. The van der Waals surface area contributed by atoms with Crippen molar-refractivity contribution < 1.29 is 15.0 Å². The van der Waals surface area contributed by atoms with Gasteiger partial charge in [-0.05, 0) is 53.9 Å². The summed E-state index contributed by atoms with van der Waals surface area (Å²) in [6.07, 6.45) is 0.877. The van der Waals surface area contributed by atoms with Crippen molar-refractivity contribution in [2.45, 2.75) is 18.4 Å². The Morgan fingerprint density at radius 3 is 2.48 bits per heavy atom. The number of nitrogens with zero attached hydrogens (tertiary/aromatic N) is 1. The lowest BCUT2D eigenvalue weighted by Gasteiger charge is -2.39. The number of rotatable bonds is 2. The van der Waals surface area contributed by atoms with Crippen LogP contribution in [0.3, 0.4) is 0 Å². The van der Waals surface area contributed by atoms with Crippen molar-refractivity contribution in [3.8, 4) is 5.75 Å². The topological polar surface area (TPSA) is 60.8 Å². The molecule has 1 aliphatic heterocycles. The summed E-state index contributed by atoms with van der Waals surface area (Å²) in [5, 5.41) is 22.9. The van der Waals surface area contributed by atoms with Gasteiger partial charge in [0.25, 0.3) is 5.91 Å². The van der Waals surface area contributed by atoms with E-state index in [0.717, 1.165) is 16.3 Å². The van der Waals surface area contributed by atoms with Crippen LogP contribution in [0, 0.1) is 0 Å². The maximum Gasteiger partial charge on any atom is 0.254 e. The van der Waals surface area contributed by atoms with Crippen molar-refractivity contribution in [3.05, 3.63) is 76.8 Å². The van der Waals surface area contributed by atoms with E-state index in [4.69, 9.17) is 11.6 Å². The number of aromatic hydroxyl groups is 1. The van der Waals surface area contributed by atoms with Crippen LogP contribution < -0.4 is 0 Å². The molecule has 3 aromatic carbocycles. The zero-order chi connectivity index (χ0) is 19.0. The van der Waals surface area contributed by atoms with Gasteiger partial charge in [0.1, 0.15) is 5.75 Å². The van der Waals surface area contributed by atoms with Crippen LogP contribution in [0.15, 0.2) is 60.7 Å². The van der Waals surface area contributed by atoms with Crippen molar-refractivity contribution in [2.24, 2.45) is 0 Å². The number of phenols is 1. The summed E-state index contributed by atoms with van der Waals surface area (Å²) in [5.41, 5.74) is 0.315. The molecule has 1 amide bonds. The minimum atomic E-state index is -1.01. The molecule has 1 saturated heterocycles. The number of halogens is 1. The summed E-state index contributed by atoms with van der Waals surface area (Å²) < 4.78 is 0. The molecule has 0 unspecified atom stereocenters. The van der Waals surface area contributed by atoms with Gasteiger partial charge >= 0.3 is 0 Å². The molecule has 0 radical (unpaired) electrons. The van der Waals surface area contributed by atoms with Crippen LogP contribution >= 0.6 is 11.6 Å². The van der Waals surface area contributed by atoms with Gasteiger partial charge in [-0.3, -0.25) is 4.79 Å². The second kappa shape index (κ2) is 6.87. The van der Waals surface area contributed by atoms with Crippen LogP contribution in [0.1, 0.15) is 28.8 Å². The van der Waals surface area contributed by atoms with E-state index in [9.17, 15) is 15.0 Å². The molecule has 0 atom stereocenters. The van der Waals surface area contributed by atoms with E-state index >= 15 is 0 Å². The van der Waals surface area contributed by atoms with Gasteiger partial charge < -0.3 is 15.1 Å². The highest BCUT2D eigenvalue weighted by Crippen LogP contribution is 2.37. The number of piperidine rings is 1. The first kappa shape index (κ1) is 17.8. The van der Waals surface area contributed by atoms with E-state index in [1.165, 1.54) is 0 Å². The summed E-state index contributed by atoms with van der Waals surface area (Å²) in [4.78, 5) is 14.8.